The Bertz CT molecular complexity index is 989. The molecule has 28 heavy (non-hydrogen) atoms. The first-order valence-electron chi connectivity index (χ1n) is 8.02. The van der Waals surface area contributed by atoms with Crippen molar-refractivity contribution in [3.05, 3.63) is 59.1 Å². The molecular formula is C18H17ClN2O6S. The predicted octanol–water partition coefficient (Wildman–Crippen LogP) is 2.13. The summed E-state index contributed by atoms with van der Waals surface area (Å²) < 4.78 is 27.4. The van der Waals surface area contributed by atoms with E-state index >= 15 is 0 Å². The third kappa shape index (κ3) is 6.76. The molecule has 8 nitrogen and oxygen atoms in total. The number of nitrogens with two attached hydrogens (primary N) is 1. The molecule has 0 saturated carbocycles. The fraction of sp³-hybridized carbons (Fsp3) is 0.167. The van der Waals surface area contributed by atoms with Crippen molar-refractivity contribution in [2.75, 3.05) is 11.9 Å². The number of halogens is 1. The van der Waals surface area contributed by atoms with E-state index in [2.05, 4.69) is 5.32 Å². The Morgan fingerprint density at radius 2 is 1.71 bits per heavy atom. The van der Waals surface area contributed by atoms with Crippen LogP contribution < -0.4 is 10.5 Å². The van der Waals surface area contributed by atoms with E-state index in [1.807, 2.05) is 0 Å². The van der Waals surface area contributed by atoms with Crippen LogP contribution in [0.4, 0.5) is 5.69 Å². The van der Waals surface area contributed by atoms with Crippen molar-refractivity contribution in [2.45, 2.75) is 17.7 Å². The smallest absolute Gasteiger partial charge is 0.306 e. The summed E-state index contributed by atoms with van der Waals surface area (Å²) in [7, 11) is -3.90. The molecule has 148 valence electrons. The van der Waals surface area contributed by atoms with Gasteiger partial charge < -0.3 is 10.1 Å². The number of carbonyl (C=O) groups excluding carboxylic acids is 3. The van der Waals surface area contributed by atoms with Crippen LogP contribution in [0.2, 0.25) is 5.02 Å². The van der Waals surface area contributed by atoms with Crippen molar-refractivity contribution in [3.63, 3.8) is 0 Å². The monoisotopic (exact) mass is 424 g/mol. The summed E-state index contributed by atoms with van der Waals surface area (Å²) in [6, 6.07) is 11.6. The van der Waals surface area contributed by atoms with E-state index in [4.69, 9.17) is 21.5 Å². The number of ether oxygens (including phenoxy) is 1. The number of hydrogen-bond donors (Lipinski definition) is 2. The maximum atomic E-state index is 12.0. The molecule has 2 aromatic rings. The Morgan fingerprint density at radius 3 is 2.36 bits per heavy atom. The largest absolute Gasteiger partial charge is 0.456 e. The fourth-order valence-corrected chi connectivity index (χ4v) is 2.85. The molecule has 0 aliphatic rings. The highest BCUT2D eigenvalue weighted by Crippen LogP contribution is 2.14. The minimum absolute atomic E-state index is 0.0709. The number of hydrogen-bond acceptors (Lipinski definition) is 6. The van der Waals surface area contributed by atoms with Gasteiger partial charge in [-0.25, -0.2) is 13.6 Å². The number of sulfonamides is 1. The lowest BCUT2D eigenvalue weighted by Gasteiger charge is -2.08. The average molecular weight is 425 g/mol. The molecule has 10 heteroatoms. The van der Waals surface area contributed by atoms with Crippen LogP contribution >= 0.6 is 11.6 Å². The number of esters is 1. The lowest BCUT2D eigenvalue weighted by molar-refractivity contribution is -0.147. The van der Waals surface area contributed by atoms with Gasteiger partial charge in [-0.05, 0) is 42.5 Å². The Kier molecular flexibility index (Phi) is 7.27. The maximum Gasteiger partial charge on any atom is 0.306 e. The normalized spacial score (nSPS) is 10.9. The van der Waals surface area contributed by atoms with Crippen LogP contribution in [0.1, 0.15) is 23.2 Å². The summed E-state index contributed by atoms with van der Waals surface area (Å²) in [4.78, 5) is 35.3. The molecular weight excluding hydrogens is 408 g/mol. The first kappa shape index (κ1) is 21.5. The topological polar surface area (TPSA) is 133 Å². The number of Topliss-reactive ketones (excluding diaryl/α,β-unsaturated/α-hetero) is 1. The third-order valence-electron chi connectivity index (χ3n) is 3.53. The first-order valence-corrected chi connectivity index (χ1v) is 9.94. The summed E-state index contributed by atoms with van der Waals surface area (Å²) >= 11 is 5.74. The molecule has 0 saturated heterocycles. The van der Waals surface area contributed by atoms with Crippen molar-refractivity contribution < 1.29 is 27.5 Å². The lowest BCUT2D eigenvalue weighted by Crippen LogP contribution is -2.21. The van der Waals surface area contributed by atoms with Crippen molar-refractivity contribution in [3.8, 4) is 0 Å². The summed E-state index contributed by atoms with van der Waals surface area (Å²) in [5, 5.41) is 7.91. The van der Waals surface area contributed by atoms with Crippen molar-refractivity contribution in [2.24, 2.45) is 5.14 Å². The molecule has 2 aromatic carbocycles. The van der Waals surface area contributed by atoms with Crippen molar-refractivity contribution in [1.29, 1.82) is 0 Å². The van der Waals surface area contributed by atoms with Crippen LogP contribution in [0, 0.1) is 0 Å². The number of nitrogens with one attached hydrogen (secondary N) is 1. The summed E-state index contributed by atoms with van der Waals surface area (Å²) in [5.74, 6) is -1.63. The second-order valence-corrected chi connectivity index (χ2v) is 7.71. The molecule has 0 radical (unpaired) electrons. The number of carbonyl (C=O) groups is 3. The molecule has 3 N–H and O–H groups in total. The van der Waals surface area contributed by atoms with E-state index in [1.165, 1.54) is 24.3 Å². The Morgan fingerprint density at radius 1 is 1.04 bits per heavy atom. The van der Waals surface area contributed by atoms with Gasteiger partial charge in [0.1, 0.15) is 0 Å². The predicted molar refractivity (Wildman–Crippen MR) is 102 cm³/mol. The van der Waals surface area contributed by atoms with Crippen molar-refractivity contribution in [1.82, 2.24) is 0 Å². The van der Waals surface area contributed by atoms with Crippen LogP contribution in [0.25, 0.3) is 0 Å². The minimum atomic E-state index is -3.90. The van der Waals surface area contributed by atoms with Crippen molar-refractivity contribution >= 4 is 45.0 Å². The van der Waals surface area contributed by atoms with E-state index in [0.717, 1.165) is 0 Å². The number of rotatable bonds is 8. The zero-order valence-electron chi connectivity index (χ0n) is 14.6. The second-order valence-electron chi connectivity index (χ2n) is 5.71. The SMILES string of the molecule is NS(=O)(=O)c1cccc(NC(=O)COC(=O)CCC(=O)c2ccc(Cl)cc2)c1. The van der Waals surface area contributed by atoms with Gasteiger partial charge in [0.15, 0.2) is 12.4 Å². The molecule has 1 amide bonds. The highest BCUT2D eigenvalue weighted by atomic mass is 35.5. The standard InChI is InChI=1S/C18H17ClN2O6S/c19-13-6-4-12(5-7-13)16(22)8-9-18(24)27-11-17(23)21-14-2-1-3-15(10-14)28(20,25)26/h1-7,10H,8-9,11H2,(H,21,23)(H2,20,25,26). The maximum absolute atomic E-state index is 12.0. The molecule has 0 heterocycles. The van der Waals surface area contributed by atoms with Gasteiger partial charge in [0.2, 0.25) is 10.0 Å². The molecule has 0 atom stereocenters. The van der Waals surface area contributed by atoms with Crippen LogP contribution in [-0.4, -0.2) is 32.7 Å². The molecule has 0 aromatic heterocycles. The lowest BCUT2D eigenvalue weighted by atomic mass is 10.1. The molecule has 0 bridgehead atoms. The molecule has 0 spiro atoms. The molecule has 2 rings (SSSR count). The Balaban J connectivity index is 1.78. The van der Waals surface area contributed by atoms with Gasteiger partial charge in [-0.3, -0.25) is 14.4 Å². The molecule has 0 aliphatic heterocycles. The molecule has 0 aliphatic carbocycles. The first-order chi connectivity index (χ1) is 13.1. The summed E-state index contributed by atoms with van der Waals surface area (Å²) in [6.45, 7) is -0.576. The summed E-state index contributed by atoms with van der Waals surface area (Å²) in [6.07, 6.45) is -0.256. The zero-order valence-corrected chi connectivity index (χ0v) is 16.1. The van der Waals surface area contributed by atoms with E-state index < -0.39 is 28.5 Å². The van der Waals surface area contributed by atoms with E-state index in [0.29, 0.717) is 10.6 Å². The van der Waals surface area contributed by atoms with Gasteiger partial charge in [-0.15, -0.1) is 0 Å². The van der Waals surface area contributed by atoms with Crippen LogP contribution in [0.15, 0.2) is 53.4 Å². The van der Waals surface area contributed by atoms with Gasteiger partial charge in [0, 0.05) is 22.7 Å². The second kappa shape index (κ2) is 9.45. The number of ketones is 1. The minimum Gasteiger partial charge on any atom is -0.456 e. The quantitative estimate of drug-likeness (QED) is 0.492. The third-order valence-corrected chi connectivity index (χ3v) is 4.70. The van der Waals surface area contributed by atoms with Crippen LogP contribution in [0.3, 0.4) is 0 Å². The number of primary sulfonamides is 1. The number of benzene rings is 2. The Hall–Kier alpha value is -2.75. The number of amides is 1. The van der Waals surface area contributed by atoms with Gasteiger partial charge >= 0.3 is 5.97 Å². The highest BCUT2D eigenvalue weighted by molar-refractivity contribution is 7.89. The highest BCUT2D eigenvalue weighted by Gasteiger charge is 2.13. The van der Waals surface area contributed by atoms with Gasteiger partial charge in [0.25, 0.3) is 5.91 Å². The van der Waals surface area contributed by atoms with E-state index in [9.17, 15) is 22.8 Å². The van der Waals surface area contributed by atoms with E-state index in [-0.39, 0.29) is 29.2 Å². The van der Waals surface area contributed by atoms with E-state index in [1.54, 1.807) is 24.3 Å². The van der Waals surface area contributed by atoms with Gasteiger partial charge in [-0.2, -0.15) is 0 Å². The molecule has 0 unspecified atom stereocenters. The zero-order chi connectivity index (χ0) is 20.7. The van der Waals surface area contributed by atoms with Crippen LogP contribution in [0.5, 0.6) is 0 Å². The van der Waals surface area contributed by atoms with Gasteiger partial charge in [-0.1, -0.05) is 17.7 Å². The Labute approximate surface area is 166 Å². The van der Waals surface area contributed by atoms with Crippen LogP contribution in [-0.2, 0) is 24.3 Å². The summed E-state index contributed by atoms with van der Waals surface area (Å²) in [5.41, 5.74) is 0.607. The fourth-order valence-electron chi connectivity index (χ4n) is 2.16. The van der Waals surface area contributed by atoms with Gasteiger partial charge in [0.05, 0.1) is 11.3 Å². The average Bonchev–Trinajstić information content (AvgIpc) is 2.64. The number of anilines is 1. The molecule has 0 fully saturated rings.